The van der Waals surface area contributed by atoms with E-state index >= 15 is 0 Å². The molecule has 0 aromatic rings. The number of nitrogens with one attached hydrogen (secondary N) is 1. The standard InChI is InChI=1S/C11H20N2O.C11H23NO/c1-2-12-6-8-13(9-7-12)11(14)10-4-3-5-10;1-10(2)4-3-9-13-11-5-7-12-8-6-11/h10H,2-9H2,1H3;10-12H,3-9H2,1-2H3. The van der Waals surface area contributed by atoms with E-state index in [-0.39, 0.29) is 0 Å². The summed E-state index contributed by atoms with van der Waals surface area (Å²) in [5, 5.41) is 3.34. The van der Waals surface area contributed by atoms with Gasteiger partial charge in [0.25, 0.3) is 0 Å². The third-order valence-electron chi connectivity index (χ3n) is 6.15. The maximum Gasteiger partial charge on any atom is 0.225 e. The minimum atomic E-state index is 0.378. The van der Waals surface area contributed by atoms with Crippen molar-refractivity contribution in [2.24, 2.45) is 11.8 Å². The van der Waals surface area contributed by atoms with Gasteiger partial charge in [0.2, 0.25) is 5.91 Å². The lowest BCUT2D eigenvalue weighted by atomic mass is 9.84. The smallest absolute Gasteiger partial charge is 0.225 e. The number of piperazine rings is 1. The maximum atomic E-state index is 11.9. The minimum absolute atomic E-state index is 0.378. The number of carbonyl (C=O) groups is 1. The van der Waals surface area contributed by atoms with Crippen molar-refractivity contribution in [2.45, 2.75) is 71.8 Å². The molecule has 0 radical (unpaired) electrons. The largest absolute Gasteiger partial charge is 0.378 e. The Morgan fingerprint density at radius 3 is 2.26 bits per heavy atom. The first kappa shape index (κ1) is 22.6. The molecular formula is C22H43N3O2. The zero-order valence-electron chi connectivity index (χ0n) is 18.0. The van der Waals surface area contributed by atoms with E-state index in [1.165, 1.54) is 32.1 Å². The molecule has 0 atom stereocenters. The number of likely N-dealkylation sites (N-methyl/N-ethyl adjacent to an activating group) is 1. The van der Waals surface area contributed by atoms with Gasteiger partial charge < -0.3 is 19.9 Å². The van der Waals surface area contributed by atoms with Gasteiger partial charge in [-0.05, 0) is 64.1 Å². The zero-order chi connectivity index (χ0) is 19.5. The zero-order valence-corrected chi connectivity index (χ0v) is 18.0. The van der Waals surface area contributed by atoms with Gasteiger partial charge in [0.1, 0.15) is 0 Å². The molecule has 2 saturated heterocycles. The Morgan fingerprint density at radius 2 is 1.74 bits per heavy atom. The molecule has 5 nitrogen and oxygen atoms in total. The lowest BCUT2D eigenvalue weighted by molar-refractivity contribution is -0.139. The first-order chi connectivity index (χ1) is 13.1. The first-order valence-corrected chi connectivity index (χ1v) is 11.4. The topological polar surface area (TPSA) is 44.8 Å². The molecule has 3 rings (SSSR count). The van der Waals surface area contributed by atoms with Crippen molar-refractivity contribution in [2.75, 3.05) is 52.4 Å². The fourth-order valence-corrected chi connectivity index (χ4v) is 3.90. The van der Waals surface area contributed by atoms with Crippen LogP contribution in [0.15, 0.2) is 0 Å². The van der Waals surface area contributed by atoms with Gasteiger partial charge in [0, 0.05) is 38.7 Å². The van der Waals surface area contributed by atoms with Gasteiger partial charge in [0.05, 0.1) is 6.10 Å². The fourth-order valence-electron chi connectivity index (χ4n) is 3.90. The van der Waals surface area contributed by atoms with Crippen molar-refractivity contribution in [1.29, 1.82) is 0 Å². The van der Waals surface area contributed by atoms with Gasteiger partial charge in [-0.3, -0.25) is 4.79 Å². The third kappa shape index (κ3) is 8.49. The third-order valence-corrected chi connectivity index (χ3v) is 6.15. The van der Waals surface area contributed by atoms with E-state index in [4.69, 9.17) is 4.74 Å². The number of ether oxygens (including phenoxy) is 1. The van der Waals surface area contributed by atoms with E-state index in [9.17, 15) is 4.79 Å². The predicted molar refractivity (Wildman–Crippen MR) is 112 cm³/mol. The van der Waals surface area contributed by atoms with Crippen molar-refractivity contribution in [1.82, 2.24) is 15.1 Å². The average molecular weight is 382 g/mol. The molecule has 0 bridgehead atoms. The Hall–Kier alpha value is -0.650. The van der Waals surface area contributed by atoms with Crippen molar-refractivity contribution in [3.05, 3.63) is 0 Å². The molecule has 27 heavy (non-hydrogen) atoms. The average Bonchev–Trinajstić information content (AvgIpc) is 2.65. The second-order valence-electron chi connectivity index (χ2n) is 8.74. The Kier molecular flexibility index (Phi) is 10.7. The van der Waals surface area contributed by atoms with E-state index in [1.54, 1.807) is 0 Å². The monoisotopic (exact) mass is 381 g/mol. The predicted octanol–water partition coefficient (Wildman–Crippen LogP) is 3.14. The molecule has 1 N–H and O–H groups in total. The van der Waals surface area contributed by atoms with Crippen molar-refractivity contribution < 1.29 is 9.53 Å². The molecule has 0 unspecified atom stereocenters. The molecule has 158 valence electrons. The van der Waals surface area contributed by atoms with Gasteiger partial charge >= 0.3 is 0 Å². The van der Waals surface area contributed by atoms with Crippen LogP contribution in [0.2, 0.25) is 0 Å². The SMILES string of the molecule is CC(C)CCCOC1CCNCC1.CCN1CCN(C(=O)C2CCC2)CC1. The van der Waals surface area contributed by atoms with Gasteiger partial charge in [-0.15, -0.1) is 0 Å². The molecule has 3 aliphatic rings. The van der Waals surface area contributed by atoms with Crippen LogP contribution < -0.4 is 5.32 Å². The van der Waals surface area contributed by atoms with Crippen LogP contribution in [0.4, 0.5) is 0 Å². The first-order valence-electron chi connectivity index (χ1n) is 11.4. The number of hydrogen-bond acceptors (Lipinski definition) is 4. The lowest BCUT2D eigenvalue weighted by Crippen LogP contribution is -2.50. The number of nitrogens with zero attached hydrogens (tertiary/aromatic N) is 2. The summed E-state index contributed by atoms with van der Waals surface area (Å²) in [6.45, 7) is 15.1. The normalized spacial score (nSPS) is 22.3. The van der Waals surface area contributed by atoms with Crippen molar-refractivity contribution >= 4 is 5.91 Å². The van der Waals surface area contributed by atoms with Gasteiger partial charge in [-0.1, -0.05) is 27.2 Å². The second-order valence-corrected chi connectivity index (χ2v) is 8.74. The number of carbonyl (C=O) groups excluding carboxylic acids is 1. The molecule has 0 spiro atoms. The summed E-state index contributed by atoms with van der Waals surface area (Å²) in [6.07, 6.45) is 8.97. The summed E-state index contributed by atoms with van der Waals surface area (Å²) in [7, 11) is 0. The summed E-state index contributed by atoms with van der Waals surface area (Å²) in [6, 6.07) is 0. The molecule has 1 aliphatic carbocycles. The summed E-state index contributed by atoms with van der Waals surface area (Å²) in [5.74, 6) is 1.62. The van der Waals surface area contributed by atoms with Crippen LogP contribution in [0.1, 0.15) is 65.7 Å². The van der Waals surface area contributed by atoms with E-state index < -0.39 is 0 Å². The van der Waals surface area contributed by atoms with Crippen LogP contribution >= 0.6 is 0 Å². The summed E-state index contributed by atoms with van der Waals surface area (Å²) in [5.41, 5.74) is 0. The van der Waals surface area contributed by atoms with Crippen LogP contribution in [0.3, 0.4) is 0 Å². The number of rotatable bonds is 7. The summed E-state index contributed by atoms with van der Waals surface area (Å²) in [4.78, 5) is 16.4. The van der Waals surface area contributed by atoms with E-state index in [0.29, 0.717) is 17.9 Å². The highest BCUT2D eigenvalue weighted by Gasteiger charge is 2.30. The van der Waals surface area contributed by atoms with Gasteiger partial charge in [-0.2, -0.15) is 0 Å². The van der Waals surface area contributed by atoms with Gasteiger partial charge in [-0.25, -0.2) is 0 Å². The maximum absolute atomic E-state index is 11.9. The Morgan fingerprint density at radius 1 is 1.07 bits per heavy atom. The van der Waals surface area contributed by atoms with Crippen LogP contribution in [0.5, 0.6) is 0 Å². The number of amides is 1. The van der Waals surface area contributed by atoms with E-state index in [1.807, 2.05) is 0 Å². The second kappa shape index (κ2) is 12.7. The van der Waals surface area contributed by atoms with Crippen LogP contribution in [-0.2, 0) is 9.53 Å². The van der Waals surface area contributed by atoms with Gasteiger partial charge in [0.15, 0.2) is 0 Å². The van der Waals surface area contributed by atoms with Crippen molar-refractivity contribution in [3.8, 4) is 0 Å². The fraction of sp³-hybridized carbons (Fsp3) is 0.955. The van der Waals surface area contributed by atoms with Crippen LogP contribution in [-0.4, -0.2) is 74.2 Å². The number of piperidine rings is 1. The van der Waals surface area contributed by atoms with Crippen LogP contribution in [0.25, 0.3) is 0 Å². The molecule has 2 aliphatic heterocycles. The molecule has 0 aromatic carbocycles. The van der Waals surface area contributed by atoms with Crippen LogP contribution in [0, 0.1) is 11.8 Å². The van der Waals surface area contributed by atoms with Crippen molar-refractivity contribution in [3.63, 3.8) is 0 Å². The van der Waals surface area contributed by atoms with E-state index in [2.05, 4.69) is 35.9 Å². The molecule has 1 amide bonds. The minimum Gasteiger partial charge on any atom is -0.378 e. The summed E-state index contributed by atoms with van der Waals surface area (Å²) < 4.78 is 5.79. The summed E-state index contributed by atoms with van der Waals surface area (Å²) >= 11 is 0. The molecule has 3 fully saturated rings. The highest BCUT2D eigenvalue weighted by molar-refractivity contribution is 5.79. The Balaban J connectivity index is 0.000000194. The number of hydrogen-bond donors (Lipinski definition) is 1. The molecule has 2 heterocycles. The molecule has 1 saturated carbocycles. The highest BCUT2D eigenvalue weighted by atomic mass is 16.5. The lowest BCUT2D eigenvalue weighted by Gasteiger charge is -2.37. The quantitative estimate of drug-likeness (QED) is 0.688. The molecule has 5 heteroatoms. The Bertz CT molecular complexity index is 398. The van der Waals surface area contributed by atoms with E-state index in [0.717, 1.165) is 71.2 Å². The molecular weight excluding hydrogens is 338 g/mol. The Labute approximate surface area is 167 Å². The molecule has 0 aromatic heterocycles. The highest BCUT2D eigenvalue weighted by Crippen LogP contribution is 2.28.